The average Bonchev–Trinajstić information content (AvgIpc) is 3.17. The molecule has 3 heterocycles. The Bertz CT molecular complexity index is 1120. The molecule has 5 rings (SSSR count). The van der Waals surface area contributed by atoms with Gasteiger partial charge in [0.1, 0.15) is 0 Å². The molecule has 29 heavy (non-hydrogen) atoms. The minimum atomic E-state index is -0.0619. The molecular formula is C22H20ClN3O3. The van der Waals surface area contributed by atoms with Crippen molar-refractivity contribution in [2.75, 3.05) is 20.8 Å². The third kappa shape index (κ3) is 2.78. The summed E-state index contributed by atoms with van der Waals surface area (Å²) in [7, 11) is 3.27. The maximum absolute atomic E-state index is 13.2. The lowest BCUT2D eigenvalue weighted by molar-refractivity contribution is 0.0629. The first-order chi connectivity index (χ1) is 14.1. The molecule has 0 fully saturated rings. The van der Waals surface area contributed by atoms with E-state index < -0.39 is 0 Å². The molecule has 0 saturated carbocycles. The lowest BCUT2D eigenvalue weighted by Crippen LogP contribution is -2.44. The molecule has 1 amide bonds. The van der Waals surface area contributed by atoms with Gasteiger partial charge in [-0.2, -0.15) is 5.10 Å². The second-order valence-corrected chi connectivity index (χ2v) is 7.71. The van der Waals surface area contributed by atoms with Crippen LogP contribution >= 0.6 is 11.6 Å². The van der Waals surface area contributed by atoms with Gasteiger partial charge in [0.25, 0.3) is 5.91 Å². The molecule has 0 spiro atoms. The molecule has 0 saturated heterocycles. The van der Waals surface area contributed by atoms with Crippen LogP contribution in [0.2, 0.25) is 5.02 Å². The Labute approximate surface area is 173 Å². The number of aromatic nitrogens is 2. The summed E-state index contributed by atoms with van der Waals surface area (Å²) >= 11 is 6.17. The fourth-order valence-corrected chi connectivity index (χ4v) is 4.59. The Morgan fingerprint density at radius 3 is 2.69 bits per heavy atom. The summed E-state index contributed by atoms with van der Waals surface area (Å²) in [6.45, 7) is 0.674. The minimum Gasteiger partial charge on any atom is -0.493 e. The van der Waals surface area contributed by atoms with Crippen molar-refractivity contribution in [1.82, 2.24) is 14.7 Å². The van der Waals surface area contributed by atoms with E-state index in [1.54, 1.807) is 20.4 Å². The van der Waals surface area contributed by atoms with E-state index in [4.69, 9.17) is 21.1 Å². The van der Waals surface area contributed by atoms with E-state index in [1.165, 1.54) is 5.56 Å². The standard InChI is InChI=1S/C22H20ClN3O3/c1-28-20-8-13-6-7-25-18(16(13)10-21(20)29-2)11-19-17(22(25)27)12-24-26(19)15-5-3-4-14(23)9-15/h3-5,8-10,12,18H,6-7,11H2,1-2H3/t18-/m1/s1. The highest BCUT2D eigenvalue weighted by Gasteiger charge is 2.39. The SMILES string of the molecule is COc1cc2c(cc1OC)[C@H]1Cc3c(cnn3-c3cccc(Cl)c3)C(=O)N1CC2. The highest BCUT2D eigenvalue weighted by molar-refractivity contribution is 6.30. The molecule has 0 N–H and O–H groups in total. The molecule has 7 heteroatoms. The minimum absolute atomic E-state index is 0.0185. The Kier molecular flexibility index (Phi) is 4.24. The number of benzene rings is 2. The summed E-state index contributed by atoms with van der Waals surface area (Å²) in [6.07, 6.45) is 3.13. The van der Waals surface area contributed by atoms with Crippen molar-refractivity contribution in [3.63, 3.8) is 0 Å². The molecule has 3 aromatic rings. The van der Waals surface area contributed by atoms with Crippen molar-refractivity contribution in [3.05, 3.63) is 70.0 Å². The predicted octanol–water partition coefficient (Wildman–Crippen LogP) is 3.84. The molecule has 2 aliphatic rings. The van der Waals surface area contributed by atoms with E-state index in [1.807, 2.05) is 46.0 Å². The van der Waals surface area contributed by atoms with E-state index in [9.17, 15) is 4.79 Å². The number of rotatable bonds is 3. The van der Waals surface area contributed by atoms with Crippen LogP contribution in [-0.2, 0) is 12.8 Å². The van der Waals surface area contributed by atoms with E-state index in [0.717, 1.165) is 23.4 Å². The molecule has 1 aromatic heterocycles. The normalized spacial score (nSPS) is 17.4. The van der Waals surface area contributed by atoms with Crippen LogP contribution in [0.15, 0.2) is 42.6 Å². The highest BCUT2D eigenvalue weighted by Crippen LogP contribution is 2.42. The first-order valence-corrected chi connectivity index (χ1v) is 9.87. The van der Waals surface area contributed by atoms with E-state index >= 15 is 0 Å². The highest BCUT2D eigenvalue weighted by atomic mass is 35.5. The van der Waals surface area contributed by atoms with Gasteiger partial charge in [-0.3, -0.25) is 4.79 Å². The first kappa shape index (κ1) is 18.1. The number of ether oxygens (including phenoxy) is 2. The number of carbonyl (C=O) groups is 1. The van der Waals surface area contributed by atoms with Gasteiger partial charge in [-0.25, -0.2) is 4.68 Å². The van der Waals surface area contributed by atoms with Crippen LogP contribution in [0, 0.1) is 0 Å². The third-order valence-corrected chi connectivity index (χ3v) is 6.04. The van der Waals surface area contributed by atoms with Gasteiger partial charge >= 0.3 is 0 Å². The van der Waals surface area contributed by atoms with Crippen LogP contribution in [0.4, 0.5) is 0 Å². The molecule has 2 aromatic carbocycles. The van der Waals surface area contributed by atoms with Crippen LogP contribution in [0.1, 0.15) is 33.2 Å². The fraction of sp³-hybridized carbons (Fsp3) is 0.273. The largest absolute Gasteiger partial charge is 0.493 e. The number of hydrogen-bond donors (Lipinski definition) is 0. The van der Waals surface area contributed by atoms with E-state index in [0.29, 0.717) is 35.1 Å². The quantitative estimate of drug-likeness (QED) is 0.659. The van der Waals surface area contributed by atoms with Gasteiger partial charge in [-0.15, -0.1) is 0 Å². The van der Waals surface area contributed by atoms with Crippen molar-refractivity contribution in [2.24, 2.45) is 0 Å². The van der Waals surface area contributed by atoms with Crippen LogP contribution in [0.3, 0.4) is 0 Å². The number of amides is 1. The van der Waals surface area contributed by atoms with Gasteiger partial charge in [0.2, 0.25) is 0 Å². The molecule has 0 radical (unpaired) electrons. The van der Waals surface area contributed by atoms with Gasteiger partial charge in [0.15, 0.2) is 11.5 Å². The van der Waals surface area contributed by atoms with E-state index in [2.05, 4.69) is 5.10 Å². The van der Waals surface area contributed by atoms with Gasteiger partial charge < -0.3 is 14.4 Å². The van der Waals surface area contributed by atoms with Gasteiger partial charge in [0, 0.05) is 18.0 Å². The number of nitrogens with zero attached hydrogens (tertiary/aromatic N) is 3. The number of fused-ring (bicyclic) bond motifs is 4. The maximum atomic E-state index is 13.2. The Morgan fingerprint density at radius 2 is 1.93 bits per heavy atom. The van der Waals surface area contributed by atoms with Crippen molar-refractivity contribution >= 4 is 17.5 Å². The second kappa shape index (κ2) is 6.81. The lowest BCUT2D eigenvalue weighted by atomic mass is 9.85. The van der Waals surface area contributed by atoms with Crippen molar-refractivity contribution < 1.29 is 14.3 Å². The van der Waals surface area contributed by atoms with Gasteiger partial charge in [0.05, 0.1) is 43.4 Å². The molecule has 0 bridgehead atoms. The second-order valence-electron chi connectivity index (χ2n) is 7.27. The molecule has 148 valence electrons. The summed E-state index contributed by atoms with van der Waals surface area (Å²) < 4.78 is 12.8. The zero-order chi connectivity index (χ0) is 20.1. The summed E-state index contributed by atoms with van der Waals surface area (Å²) in [5, 5.41) is 5.13. The van der Waals surface area contributed by atoms with Crippen molar-refractivity contribution in [2.45, 2.75) is 18.9 Å². The molecule has 0 aliphatic carbocycles. The summed E-state index contributed by atoms with van der Waals surface area (Å²) in [6, 6.07) is 11.5. The van der Waals surface area contributed by atoms with Crippen molar-refractivity contribution in [3.8, 4) is 17.2 Å². The predicted molar refractivity (Wildman–Crippen MR) is 109 cm³/mol. The summed E-state index contributed by atoms with van der Waals surface area (Å²) in [5.74, 6) is 1.41. The maximum Gasteiger partial charge on any atom is 0.257 e. The van der Waals surface area contributed by atoms with E-state index in [-0.39, 0.29) is 11.9 Å². The number of halogens is 1. The van der Waals surface area contributed by atoms with Crippen LogP contribution in [0.25, 0.3) is 5.69 Å². The molecular weight excluding hydrogens is 390 g/mol. The molecule has 2 aliphatic heterocycles. The first-order valence-electron chi connectivity index (χ1n) is 9.49. The Morgan fingerprint density at radius 1 is 1.14 bits per heavy atom. The summed E-state index contributed by atoms with van der Waals surface area (Å²) in [4.78, 5) is 15.2. The average molecular weight is 410 g/mol. The van der Waals surface area contributed by atoms with Crippen molar-refractivity contribution in [1.29, 1.82) is 0 Å². The zero-order valence-electron chi connectivity index (χ0n) is 16.2. The van der Waals surface area contributed by atoms with Crippen LogP contribution < -0.4 is 9.47 Å². The zero-order valence-corrected chi connectivity index (χ0v) is 16.9. The molecule has 1 atom stereocenters. The fourth-order valence-electron chi connectivity index (χ4n) is 4.41. The van der Waals surface area contributed by atoms with Crippen LogP contribution in [0.5, 0.6) is 11.5 Å². The van der Waals surface area contributed by atoms with Gasteiger partial charge in [-0.05, 0) is 47.9 Å². The number of carbonyl (C=O) groups excluding carboxylic acids is 1. The number of hydrogen-bond acceptors (Lipinski definition) is 4. The number of methoxy groups -OCH3 is 2. The molecule has 0 unspecified atom stereocenters. The lowest BCUT2D eigenvalue weighted by Gasteiger charge is -2.40. The molecule has 6 nitrogen and oxygen atoms in total. The van der Waals surface area contributed by atoms with Gasteiger partial charge in [-0.1, -0.05) is 17.7 Å². The Hall–Kier alpha value is -2.99. The monoisotopic (exact) mass is 409 g/mol. The Balaban J connectivity index is 1.62. The topological polar surface area (TPSA) is 56.6 Å². The summed E-state index contributed by atoms with van der Waals surface area (Å²) in [5.41, 5.74) is 4.70. The third-order valence-electron chi connectivity index (χ3n) is 5.80. The van der Waals surface area contributed by atoms with Crippen LogP contribution in [-0.4, -0.2) is 41.4 Å². The smallest absolute Gasteiger partial charge is 0.257 e.